The average molecular weight is 509 g/mol. The Hall–Kier alpha value is -2.76. The number of thioether (sulfide) groups is 1. The van der Waals surface area contributed by atoms with Gasteiger partial charge in [0.1, 0.15) is 6.04 Å². The number of nitrogens with zero attached hydrogens (tertiary/aromatic N) is 1. The van der Waals surface area contributed by atoms with Gasteiger partial charge in [0.15, 0.2) is 0 Å². The van der Waals surface area contributed by atoms with Crippen LogP contribution in [0.3, 0.4) is 0 Å². The highest BCUT2D eigenvalue weighted by atomic mass is 35.5. The molecule has 0 heterocycles. The van der Waals surface area contributed by atoms with Gasteiger partial charge in [-0.05, 0) is 36.1 Å². The number of nitrogens with one attached hydrogen (secondary N) is 1. The summed E-state index contributed by atoms with van der Waals surface area (Å²) >= 11 is 8.02. The molecule has 0 aliphatic carbocycles. The predicted molar refractivity (Wildman–Crippen MR) is 146 cm³/mol. The molecule has 35 heavy (non-hydrogen) atoms. The zero-order valence-electron chi connectivity index (χ0n) is 20.3. The topological polar surface area (TPSA) is 49.4 Å². The van der Waals surface area contributed by atoms with E-state index in [9.17, 15) is 9.59 Å². The Labute approximate surface area is 218 Å². The molecule has 0 unspecified atom stereocenters. The molecule has 6 heteroatoms. The van der Waals surface area contributed by atoms with Crippen LogP contribution in [0.5, 0.6) is 0 Å². The molecule has 0 aliphatic heterocycles. The van der Waals surface area contributed by atoms with E-state index < -0.39 is 6.04 Å². The largest absolute Gasteiger partial charge is 0.352 e. The summed E-state index contributed by atoms with van der Waals surface area (Å²) in [5.41, 5.74) is 2.99. The minimum Gasteiger partial charge on any atom is -0.352 e. The number of hydrogen-bond donors (Lipinski definition) is 1. The standard InChI is InChI=1S/C29H33ClN2O2S/c1-3-22(2)31-29(34)27(18-23-12-6-4-7-13-23)32(19-25-16-10-11-17-26(25)30)28(33)21-35-20-24-14-8-5-9-15-24/h4-17,22,27H,3,18-21H2,1-2H3,(H,31,34)/t22-,27-/m1/s1. The lowest BCUT2D eigenvalue weighted by Gasteiger charge is -2.32. The van der Waals surface area contributed by atoms with E-state index in [4.69, 9.17) is 11.6 Å². The van der Waals surface area contributed by atoms with Gasteiger partial charge in [-0.15, -0.1) is 11.8 Å². The Morgan fingerprint density at radius 2 is 1.51 bits per heavy atom. The van der Waals surface area contributed by atoms with Gasteiger partial charge in [-0.2, -0.15) is 0 Å². The monoisotopic (exact) mass is 508 g/mol. The van der Waals surface area contributed by atoms with Crippen LogP contribution >= 0.6 is 23.4 Å². The summed E-state index contributed by atoms with van der Waals surface area (Å²) in [6, 6.07) is 26.8. The first-order chi connectivity index (χ1) is 17.0. The first-order valence-corrected chi connectivity index (χ1v) is 13.5. The second-order valence-corrected chi connectivity index (χ2v) is 10.0. The Morgan fingerprint density at radius 1 is 0.914 bits per heavy atom. The molecule has 0 radical (unpaired) electrons. The second-order valence-electron chi connectivity index (χ2n) is 8.61. The number of amides is 2. The van der Waals surface area contributed by atoms with Gasteiger partial charge in [-0.1, -0.05) is 97.4 Å². The third-order valence-electron chi connectivity index (χ3n) is 5.91. The number of rotatable bonds is 12. The molecule has 3 rings (SSSR count). The lowest BCUT2D eigenvalue weighted by atomic mass is 10.0. The van der Waals surface area contributed by atoms with Crippen LogP contribution in [0.25, 0.3) is 0 Å². The van der Waals surface area contributed by atoms with Gasteiger partial charge >= 0.3 is 0 Å². The summed E-state index contributed by atoms with van der Waals surface area (Å²) in [7, 11) is 0. The molecule has 3 aromatic rings. The Balaban J connectivity index is 1.87. The molecule has 3 aromatic carbocycles. The molecule has 2 amide bonds. The van der Waals surface area contributed by atoms with Crippen molar-refractivity contribution >= 4 is 35.2 Å². The van der Waals surface area contributed by atoms with E-state index in [1.165, 1.54) is 5.56 Å². The van der Waals surface area contributed by atoms with Gasteiger partial charge < -0.3 is 10.2 Å². The van der Waals surface area contributed by atoms with Gasteiger partial charge in [0.25, 0.3) is 0 Å². The quantitative estimate of drug-likeness (QED) is 0.320. The fourth-order valence-electron chi connectivity index (χ4n) is 3.72. The second kappa shape index (κ2) is 14.0. The van der Waals surface area contributed by atoms with Crippen molar-refractivity contribution in [2.45, 2.75) is 51.1 Å². The van der Waals surface area contributed by atoms with Gasteiger partial charge in [-0.3, -0.25) is 9.59 Å². The summed E-state index contributed by atoms with van der Waals surface area (Å²) in [6.45, 7) is 4.28. The van der Waals surface area contributed by atoms with Crippen molar-refractivity contribution in [2.75, 3.05) is 5.75 Å². The van der Waals surface area contributed by atoms with Crippen molar-refractivity contribution in [1.29, 1.82) is 0 Å². The molecule has 0 spiro atoms. The molecule has 4 nitrogen and oxygen atoms in total. The molecular formula is C29H33ClN2O2S. The van der Waals surface area contributed by atoms with Crippen LogP contribution in [0.1, 0.15) is 37.0 Å². The van der Waals surface area contributed by atoms with E-state index in [-0.39, 0.29) is 30.2 Å². The third-order valence-corrected chi connectivity index (χ3v) is 7.27. The molecule has 2 atom stereocenters. The van der Waals surface area contributed by atoms with E-state index >= 15 is 0 Å². The van der Waals surface area contributed by atoms with Crippen LogP contribution in [-0.4, -0.2) is 34.6 Å². The van der Waals surface area contributed by atoms with Crippen molar-refractivity contribution in [3.05, 3.63) is 107 Å². The van der Waals surface area contributed by atoms with Gasteiger partial charge in [0.05, 0.1) is 5.75 Å². The highest BCUT2D eigenvalue weighted by Gasteiger charge is 2.31. The van der Waals surface area contributed by atoms with E-state index in [1.54, 1.807) is 16.7 Å². The fourth-order valence-corrected chi connectivity index (χ4v) is 4.78. The number of carbonyl (C=O) groups is 2. The van der Waals surface area contributed by atoms with Crippen molar-refractivity contribution < 1.29 is 9.59 Å². The van der Waals surface area contributed by atoms with Gasteiger partial charge in [-0.25, -0.2) is 0 Å². The molecule has 0 aromatic heterocycles. The summed E-state index contributed by atoms with van der Waals surface area (Å²) < 4.78 is 0. The normalized spacial score (nSPS) is 12.5. The molecule has 0 fully saturated rings. The number of benzene rings is 3. The van der Waals surface area contributed by atoms with Crippen LogP contribution in [0.4, 0.5) is 0 Å². The zero-order chi connectivity index (χ0) is 25.0. The molecule has 0 bridgehead atoms. The SMILES string of the molecule is CC[C@@H](C)NC(=O)[C@@H](Cc1ccccc1)N(Cc1ccccc1Cl)C(=O)CSCc1ccccc1. The zero-order valence-corrected chi connectivity index (χ0v) is 21.9. The van der Waals surface area contributed by atoms with Crippen LogP contribution in [-0.2, 0) is 28.3 Å². The van der Waals surface area contributed by atoms with Crippen molar-refractivity contribution in [1.82, 2.24) is 10.2 Å². The lowest BCUT2D eigenvalue weighted by molar-refractivity contribution is -0.139. The van der Waals surface area contributed by atoms with Crippen molar-refractivity contribution in [2.24, 2.45) is 0 Å². The highest BCUT2D eigenvalue weighted by molar-refractivity contribution is 7.99. The van der Waals surface area contributed by atoms with Crippen molar-refractivity contribution in [3.8, 4) is 0 Å². The van der Waals surface area contributed by atoms with Crippen LogP contribution in [0, 0.1) is 0 Å². The van der Waals surface area contributed by atoms with E-state index in [0.717, 1.165) is 23.3 Å². The summed E-state index contributed by atoms with van der Waals surface area (Å²) in [5, 5.41) is 3.68. The first-order valence-electron chi connectivity index (χ1n) is 12.0. The number of hydrogen-bond acceptors (Lipinski definition) is 3. The minimum absolute atomic E-state index is 0.0190. The Kier molecular flexibility index (Phi) is 10.7. The third kappa shape index (κ3) is 8.44. The molecule has 0 saturated carbocycles. The Morgan fingerprint density at radius 3 is 2.14 bits per heavy atom. The Bertz CT molecular complexity index is 1080. The summed E-state index contributed by atoms with van der Waals surface area (Å²) in [4.78, 5) is 28.8. The van der Waals surface area contributed by atoms with Crippen LogP contribution in [0.2, 0.25) is 5.02 Å². The average Bonchev–Trinajstić information content (AvgIpc) is 2.88. The number of carbonyl (C=O) groups excluding carboxylic acids is 2. The van der Waals surface area contributed by atoms with E-state index in [2.05, 4.69) is 17.4 Å². The maximum atomic E-state index is 13.6. The predicted octanol–water partition coefficient (Wildman–Crippen LogP) is 6.13. The highest BCUT2D eigenvalue weighted by Crippen LogP contribution is 2.22. The summed E-state index contributed by atoms with van der Waals surface area (Å²) in [6.07, 6.45) is 1.25. The summed E-state index contributed by atoms with van der Waals surface area (Å²) in [5.74, 6) is 0.790. The van der Waals surface area contributed by atoms with Gasteiger partial charge in [0.2, 0.25) is 11.8 Å². The molecule has 184 valence electrons. The van der Waals surface area contributed by atoms with Crippen LogP contribution < -0.4 is 5.32 Å². The molecule has 0 saturated heterocycles. The molecule has 1 N–H and O–H groups in total. The fraction of sp³-hybridized carbons (Fsp3) is 0.310. The maximum absolute atomic E-state index is 13.6. The first kappa shape index (κ1) is 26.8. The minimum atomic E-state index is -0.646. The van der Waals surface area contributed by atoms with Crippen molar-refractivity contribution in [3.63, 3.8) is 0 Å². The van der Waals surface area contributed by atoms with Crippen LogP contribution in [0.15, 0.2) is 84.9 Å². The lowest BCUT2D eigenvalue weighted by Crippen LogP contribution is -2.52. The van der Waals surface area contributed by atoms with E-state index in [1.807, 2.05) is 86.6 Å². The maximum Gasteiger partial charge on any atom is 0.243 e. The molecular weight excluding hydrogens is 476 g/mol. The van der Waals surface area contributed by atoms with E-state index in [0.29, 0.717) is 11.4 Å². The molecule has 0 aliphatic rings. The van der Waals surface area contributed by atoms with Gasteiger partial charge in [0, 0.05) is 29.8 Å². The smallest absolute Gasteiger partial charge is 0.243 e. The number of halogens is 1.